The summed E-state index contributed by atoms with van der Waals surface area (Å²) in [5, 5.41) is 0. The van der Waals surface area contributed by atoms with Crippen LogP contribution in [0.5, 0.6) is 0 Å². The molecule has 1 saturated heterocycles. The second-order valence-electron chi connectivity index (χ2n) is 6.93. The Bertz CT molecular complexity index is 294. The van der Waals surface area contributed by atoms with Crippen LogP contribution in [0.1, 0.15) is 34.6 Å². The number of nitrogens with zero attached hydrogens (tertiary/aromatic N) is 2. The van der Waals surface area contributed by atoms with Gasteiger partial charge in [-0.3, -0.25) is 9.69 Å². The molecule has 2 N–H and O–H groups in total. The van der Waals surface area contributed by atoms with Gasteiger partial charge in [-0.15, -0.1) is 0 Å². The van der Waals surface area contributed by atoms with E-state index >= 15 is 0 Å². The molecule has 0 bridgehead atoms. The van der Waals surface area contributed by atoms with Gasteiger partial charge in [0.25, 0.3) is 0 Å². The molecule has 1 atom stereocenters. The van der Waals surface area contributed by atoms with Crippen LogP contribution in [0.3, 0.4) is 0 Å². The first kappa shape index (κ1) is 14.5. The quantitative estimate of drug-likeness (QED) is 0.742. The molecular weight excluding hydrogens is 214 g/mol. The molecule has 0 aliphatic carbocycles. The van der Waals surface area contributed by atoms with Crippen LogP contribution >= 0.6 is 0 Å². The Labute approximate surface area is 105 Å². The second kappa shape index (κ2) is 4.58. The van der Waals surface area contributed by atoms with Gasteiger partial charge in [0.2, 0.25) is 5.91 Å². The largest absolute Gasteiger partial charge is 0.336 e. The number of carbonyl (C=O) groups excluding carboxylic acids is 1. The van der Waals surface area contributed by atoms with Gasteiger partial charge >= 0.3 is 0 Å². The van der Waals surface area contributed by atoms with Gasteiger partial charge in [-0.05, 0) is 33.2 Å². The molecule has 17 heavy (non-hydrogen) atoms. The number of carbonyl (C=O) groups is 1. The van der Waals surface area contributed by atoms with Gasteiger partial charge in [-0.25, -0.2) is 0 Å². The van der Waals surface area contributed by atoms with Gasteiger partial charge in [-0.2, -0.15) is 0 Å². The molecule has 0 aromatic carbocycles. The highest BCUT2D eigenvalue weighted by atomic mass is 16.2. The van der Waals surface area contributed by atoms with Crippen molar-refractivity contribution in [2.75, 3.05) is 26.7 Å². The van der Waals surface area contributed by atoms with Crippen LogP contribution < -0.4 is 5.73 Å². The Hall–Kier alpha value is -0.610. The molecular formula is C13H27N3O. The molecule has 1 aliphatic heterocycles. The predicted octanol–water partition coefficient (Wildman–Crippen LogP) is 0.912. The first-order valence-electron chi connectivity index (χ1n) is 6.30. The van der Waals surface area contributed by atoms with Crippen LogP contribution in [0.2, 0.25) is 0 Å². The van der Waals surface area contributed by atoms with Crippen molar-refractivity contribution >= 4 is 5.91 Å². The molecule has 0 spiro atoms. The fraction of sp³-hybridized carbons (Fsp3) is 0.923. The van der Waals surface area contributed by atoms with E-state index in [0.717, 1.165) is 13.1 Å². The lowest BCUT2D eigenvalue weighted by molar-refractivity contribution is -0.139. The Balaban J connectivity index is 3.09. The summed E-state index contributed by atoms with van der Waals surface area (Å²) in [6.07, 6.45) is 0. The maximum Gasteiger partial charge on any atom is 0.241 e. The van der Waals surface area contributed by atoms with Crippen molar-refractivity contribution < 1.29 is 4.79 Å². The average molecular weight is 241 g/mol. The second-order valence-corrected chi connectivity index (χ2v) is 6.93. The fourth-order valence-corrected chi connectivity index (χ4v) is 2.56. The maximum atomic E-state index is 12.5. The van der Waals surface area contributed by atoms with E-state index in [4.69, 9.17) is 5.73 Å². The Morgan fingerprint density at radius 2 is 1.88 bits per heavy atom. The van der Waals surface area contributed by atoms with E-state index in [9.17, 15) is 4.79 Å². The van der Waals surface area contributed by atoms with E-state index in [0.29, 0.717) is 6.54 Å². The van der Waals surface area contributed by atoms with Gasteiger partial charge in [-0.1, -0.05) is 13.8 Å². The van der Waals surface area contributed by atoms with Crippen LogP contribution in [0.4, 0.5) is 0 Å². The lowest BCUT2D eigenvalue weighted by Gasteiger charge is -2.39. The number of hydrogen-bond acceptors (Lipinski definition) is 3. The molecule has 0 aromatic heterocycles. The standard InChI is InChI=1S/C13H27N3O/c1-12(2,3)16-9-13(4,5)8-15(6)10(7-14)11(16)17/h10H,7-9,14H2,1-6H3. The molecule has 1 unspecified atom stereocenters. The van der Waals surface area contributed by atoms with E-state index in [1.54, 1.807) is 0 Å². The molecule has 1 amide bonds. The van der Waals surface area contributed by atoms with Gasteiger partial charge in [0.1, 0.15) is 6.04 Å². The number of likely N-dealkylation sites (N-methyl/N-ethyl adjacent to an activating group) is 1. The third-order valence-electron chi connectivity index (χ3n) is 3.38. The maximum absolute atomic E-state index is 12.5. The number of hydrogen-bond donors (Lipinski definition) is 1. The monoisotopic (exact) mass is 241 g/mol. The molecule has 0 aromatic rings. The lowest BCUT2D eigenvalue weighted by atomic mass is 9.91. The van der Waals surface area contributed by atoms with Crippen molar-refractivity contribution in [2.24, 2.45) is 11.1 Å². The van der Waals surface area contributed by atoms with Crippen LogP contribution in [-0.2, 0) is 4.79 Å². The zero-order valence-electron chi connectivity index (χ0n) is 12.1. The van der Waals surface area contributed by atoms with Crippen LogP contribution in [0.25, 0.3) is 0 Å². The first-order chi connectivity index (χ1) is 7.58. The molecule has 4 nitrogen and oxygen atoms in total. The first-order valence-corrected chi connectivity index (χ1v) is 6.30. The minimum absolute atomic E-state index is 0.0988. The summed E-state index contributed by atoms with van der Waals surface area (Å²) in [5.74, 6) is 0.160. The molecule has 1 fully saturated rings. The van der Waals surface area contributed by atoms with E-state index in [1.807, 2.05) is 11.9 Å². The zero-order valence-corrected chi connectivity index (χ0v) is 12.1. The van der Waals surface area contributed by atoms with Crippen molar-refractivity contribution in [1.82, 2.24) is 9.80 Å². The van der Waals surface area contributed by atoms with Crippen molar-refractivity contribution in [3.8, 4) is 0 Å². The lowest BCUT2D eigenvalue weighted by Crippen LogP contribution is -2.54. The van der Waals surface area contributed by atoms with Crippen LogP contribution in [0, 0.1) is 5.41 Å². The van der Waals surface area contributed by atoms with E-state index < -0.39 is 0 Å². The van der Waals surface area contributed by atoms with Crippen molar-refractivity contribution in [2.45, 2.75) is 46.2 Å². The fourth-order valence-electron chi connectivity index (χ4n) is 2.56. The SMILES string of the molecule is CN1CC(C)(C)CN(C(C)(C)C)C(=O)C1CN. The number of amides is 1. The minimum Gasteiger partial charge on any atom is -0.336 e. The van der Waals surface area contributed by atoms with E-state index in [2.05, 4.69) is 39.5 Å². The summed E-state index contributed by atoms with van der Waals surface area (Å²) in [7, 11) is 1.99. The van der Waals surface area contributed by atoms with E-state index in [-0.39, 0.29) is 22.9 Å². The average Bonchev–Trinajstić information content (AvgIpc) is 2.20. The predicted molar refractivity (Wildman–Crippen MR) is 70.7 cm³/mol. The molecule has 1 heterocycles. The highest BCUT2D eigenvalue weighted by molar-refractivity contribution is 5.83. The Morgan fingerprint density at radius 1 is 1.35 bits per heavy atom. The van der Waals surface area contributed by atoms with E-state index in [1.165, 1.54) is 0 Å². The smallest absolute Gasteiger partial charge is 0.241 e. The normalized spacial score (nSPS) is 27.1. The topological polar surface area (TPSA) is 49.6 Å². The van der Waals surface area contributed by atoms with Gasteiger partial charge in [0.05, 0.1) is 0 Å². The van der Waals surface area contributed by atoms with Crippen molar-refractivity contribution in [1.29, 1.82) is 0 Å². The molecule has 0 saturated carbocycles. The Kier molecular flexibility index (Phi) is 3.89. The van der Waals surface area contributed by atoms with Crippen molar-refractivity contribution in [3.05, 3.63) is 0 Å². The van der Waals surface area contributed by atoms with Crippen molar-refractivity contribution in [3.63, 3.8) is 0 Å². The number of nitrogens with two attached hydrogens (primary N) is 1. The van der Waals surface area contributed by atoms with Crippen LogP contribution in [-0.4, -0.2) is 54.0 Å². The number of rotatable bonds is 1. The highest BCUT2D eigenvalue weighted by Crippen LogP contribution is 2.28. The van der Waals surface area contributed by atoms with Crippen LogP contribution in [0.15, 0.2) is 0 Å². The third-order valence-corrected chi connectivity index (χ3v) is 3.38. The minimum atomic E-state index is -0.184. The molecule has 1 rings (SSSR count). The summed E-state index contributed by atoms with van der Waals surface area (Å²) in [4.78, 5) is 16.6. The third kappa shape index (κ3) is 3.19. The molecule has 4 heteroatoms. The molecule has 0 radical (unpaired) electrons. The molecule has 100 valence electrons. The summed E-state index contributed by atoms with van der Waals surface area (Å²) >= 11 is 0. The summed E-state index contributed by atoms with van der Waals surface area (Å²) < 4.78 is 0. The van der Waals surface area contributed by atoms with Gasteiger partial charge < -0.3 is 10.6 Å². The summed E-state index contributed by atoms with van der Waals surface area (Å²) in [5.41, 5.74) is 5.71. The highest BCUT2D eigenvalue weighted by Gasteiger charge is 2.41. The van der Waals surface area contributed by atoms with Gasteiger partial charge in [0, 0.05) is 25.2 Å². The Morgan fingerprint density at radius 3 is 2.29 bits per heavy atom. The zero-order chi connectivity index (χ0) is 13.4. The summed E-state index contributed by atoms with van der Waals surface area (Å²) in [6, 6.07) is -0.184. The van der Waals surface area contributed by atoms with Gasteiger partial charge in [0.15, 0.2) is 0 Å². The molecule has 1 aliphatic rings. The summed E-state index contributed by atoms with van der Waals surface area (Å²) in [6.45, 7) is 12.7.